The fourth-order valence-corrected chi connectivity index (χ4v) is 7.24. The van der Waals surface area contributed by atoms with E-state index < -0.39 is 0 Å². The van der Waals surface area contributed by atoms with E-state index in [9.17, 15) is 0 Å². The highest BCUT2D eigenvalue weighted by Crippen LogP contribution is 2.69. The molecular formula is C32H22. The Hall–Kier alpha value is -3.64. The molecule has 0 spiro atoms. The summed E-state index contributed by atoms with van der Waals surface area (Å²) >= 11 is 0. The minimum atomic E-state index is -0.113. The second-order valence-corrected chi connectivity index (χ2v) is 10.0. The summed E-state index contributed by atoms with van der Waals surface area (Å²) in [5.41, 5.74) is 9.68. The molecule has 150 valence electrons. The van der Waals surface area contributed by atoms with Crippen LogP contribution in [0.2, 0.25) is 0 Å². The van der Waals surface area contributed by atoms with Gasteiger partial charge in [-0.1, -0.05) is 111 Å². The van der Waals surface area contributed by atoms with E-state index in [1.165, 1.54) is 65.7 Å². The summed E-state index contributed by atoms with van der Waals surface area (Å²) in [5, 5.41) is 6.89. The van der Waals surface area contributed by atoms with Crippen LogP contribution in [-0.2, 0) is 0 Å². The number of hydrogen-bond donors (Lipinski definition) is 0. The van der Waals surface area contributed by atoms with Crippen molar-refractivity contribution in [1.82, 2.24) is 0 Å². The molecule has 0 fully saturated rings. The van der Waals surface area contributed by atoms with Crippen LogP contribution in [0.4, 0.5) is 0 Å². The summed E-state index contributed by atoms with van der Waals surface area (Å²) in [4.78, 5) is 0. The zero-order valence-corrected chi connectivity index (χ0v) is 18.2. The molecule has 32 heavy (non-hydrogen) atoms. The smallest absolute Gasteiger partial charge is 0.0321 e. The SMILES string of the molecule is C[C@]12C3=CC=C4c5ccccc5C=C(C=CC1=c1ccc5cccc6ccc3c1c65)[C@]42C. The first kappa shape index (κ1) is 17.0. The summed E-state index contributed by atoms with van der Waals surface area (Å²) in [6, 6.07) is 24.9. The van der Waals surface area contributed by atoms with Gasteiger partial charge >= 0.3 is 0 Å². The second kappa shape index (κ2) is 5.22. The Kier molecular flexibility index (Phi) is 2.77. The van der Waals surface area contributed by atoms with E-state index in [0.29, 0.717) is 0 Å². The standard InChI is InChI=1S/C32H22/c1-31-22-12-15-27-24-13-10-19-7-5-8-20-11-14-25(30(24)29(19)20)28(32(27,31)2)17-16-26(31)23-9-4-3-6-21(23)18-22/h3-18H,1-2H3/t31-,32-/m1/s1. The normalized spacial score (nSPS) is 26.4. The molecule has 0 aliphatic heterocycles. The Morgan fingerprint density at radius 2 is 1.34 bits per heavy atom. The predicted octanol–water partition coefficient (Wildman–Crippen LogP) is 7.34. The maximum absolute atomic E-state index is 2.49. The van der Waals surface area contributed by atoms with Crippen LogP contribution >= 0.6 is 0 Å². The number of allylic oxidation sites excluding steroid dienone is 7. The van der Waals surface area contributed by atoms with E-state index in [-0.39, 0.29) is 10.8 Å². The van der Waals surface area contributed by atoms with Gasteiger partial charge < -0.3 is 0 Å². The molecule has 0 saturated heterocycles. The molecule has 8 rings (SSSR count). The van der Waals surface area contributed by atoms with Crippen molar-refractivity contribution in [3.63, 3.8) is 0 Å². The van der Waals surface area contributed by atoms with Gasteiger partial charge in [-0.3, -0.25) is 0 Å². The van der Waals surface area contributed by atoms with Crippen LogP contribution in [0.5, 0.6) is 0 Å². The first-order valence-corrected chi connectivity index (χ1v) is 11.5. The number of hydrogen-bond acceptors (Lipinski definition) is 0. The molecule has 0 unspecified atom stereocenters. The molecule has 0 nitrogen and oxygen atoms in total. The first-order chi connectivity index (χ1) is 15.6. The summed E-state index contributed by atoms with van der Waals surface area (Å²) < 4.78 is 0. The average Bonchev–Trinajstić information content (AvgIpc) is 2.81. The van der Waals surface area contributed by atoms with Gasteiger partial charge in [0.05, 0.1) is 0 Å². The van der Waals surface area contributed by atoms with Crippen LogP contribution in [0, 0.1) is 10.8 Å². The van der Waals surface area contributed by atoms with E-state index in [2.05, 4.69) is 111 Å². The summed E-state index contributed by atoms with van der Waals surface area (Å²) in [5.74, 6) is 0. The van der Waals surface area contributed by atoms with Gasteiger partial charge in [0, 0.05) is 10.8 Å². The highest BCUT2D eigenvalue weighted by Gasteiger charge is 2.58. The highest BCUT2D eigenvalue weighted by atomic mass is 14.6. The molecule has 0 bridgehead atoms. The third-order valence-corrected chi connectivity index (χ3v) is 8.96. The first-order valence-electron chi connectivity index (χ1n) is 11.5. The van der Waals surface area contributed by atoms with Crippen LogP contribution in [0.25, 0.3) is 44.3 Å². The van der Waals surface area contributed by atoms with E-state index in [0.717, 1.165) is 0 Å². The van der Waals surface area contributed by atoms with Crippen LogP contribution < -0.4 is 5.22 Å². The molecule has 4 aromatic rings. The van der Waals surface area contributed by atoms with Crippen LogP contribution in [-0.4, -0.2) is 0 Å². The van der Waals surface area contributed by atoms with Crippen molar-refractivity contribution >= 4 is 44.3 Å². The topological polar surface area (TPSA) is 0 Å². The Balaban J connectivity index is 1.63. The van der Waals surface area contributed by atoms with Crippen LogP contribution in [0.1, 0.15) is 30.5 Å². The molecule has 0 saturated carbocycles. The molecular weight excluding hydrogens is 384 g/mol. The summed E-state index contributed by atoms with van der Waals surface area (Å²) in [6.45, 7) is 4.96. The van der Waals surface area contributed by atoms with Gasteiger partial charge in [-0.2, -0.15) is 0 Å². The largest absolute Gasteiger partial charge is 0.0616 e. The van der Waals surface area contributed by atoms with Crippen molar-refractivity contribution in [2.45, 2.75) is 13.8 Å². The van der Waals surface area contributed by atoms with E-state index in [4.69, 9.17) is 0 Å². The quantitative estimate of drug-likeness (QED) is 0.287. The molecule has 4 aliphatic carbocycles. The molecule has 0 aromatic heterocycles. The predicted molar refractivity (Wildman–Crippen MR) is 136 cm³/mol. The Labute approximate surface area is 187 Å². The van der Waals surface area contributed by atoms with E-state index in [1.54, 1.807) is 0 Å². The monoisotopic (exact) mass is 406 g/mol. The Morgan fingerprint density at radius 1 is 0.594 bits per heavy atom. The molecule has 0 heterocycles. The van der Waals surface area contributed by atoms with Gasteiger partial charge in [-0.05, 0) is 65.7 Å². The highest BCUT2D eigenvalue weighted by molar-refractivity contribution is 6.18. The zero-order valence-electron chi connectivity index (χ0n) is 18.2. The van der Waals surface area contributed by atoms with Crippen molar-refractivity contribution in [2.24, 2.45) is 10.8 Å². The fourth-order valence-electron chi connectivity index (χ4n) is 7.24. The lowest BCUT2D eigenvalue weighted by Gasteiger charge is -2.57. The van der Waals surface area contributed by atoms with Crippen molar-refractivity contribution in [1.29, 1.82) is 0 Å². The van der Waals surface area contributed by atoms with Crippen LogP contribution in [0.3, 0.4) is 0 Å². The third-order valence-electron chi connectivity index (χ3n) is 8.96. The Morgan fingerprint density at radius 3 is 2.19 bits per heavy atom. The Bertz CT molecular complexity index is 1720. The van der Waals surface area contributed by atoms with Crippen LogP contribution in [0.15, 0.2) is 96.6 Å². The maximum Gasteiger partial charge on any atom is 0.0321 e. The number of benzene rings is 4. The molecule has 2 atom stereocenters. The van der Waals surface area contributed by atoms with Gasteiger partial charge in [0.1, 0.15) is 0 Å². The minimum Gasteiger partial charge on any atom is -0.0616 e. The van der Waals surface area contributed by atoms with E-state index >= 15 is 0 Å². The zero-order chi connectivity index (χ0) is 21.2. The summed E-state index contributed by atoms with van der Waals surface area (Å²) in [6.07, 6.45) is 12.0. The molecule has 0 N–H and O–H groups in total. The molecule has 0 amide bonds. The molecule has 4 aliphatic rings. The maximum atomic E-state index is 2.49. The lowest BCUT2D eigenvalue weighted by molar-refractivity contribution is 0.334. The van der Waals surface area contributed by atoms with Crippen molar-refractivity contribution in [3.05, 3.63) is 119 Å². The summed E-state index contributed by atoms with van der Waals surface area (Å²) in [7, 11) is 0. The van der Waals surface area contributed by atoms with Gasteiger partial charge in [0.15, 0.2) is 0 Å². The van der Waals surface area contributed by atoms with Crippen molar-refractivity contribution in [2.75, 3.05) is 0 Å². The molecule has 0 heteroatoms. The molecule has 4 aromatic carbocycles. The van der Waals surface area contributed by atoms with E-state index in [1.807, 2.05) is 0 Å². The van der Waals surface area contributed by atoms with Gasteiger partial charge in [-0.25, -0.2) is 0 Å². The van der Waals surface area contributed by atoms with Crippen molar-refractivity contribution < 1.29 is 0 Å². The second-order valence-electron chi connectivity index (χ2n) is 10.0. The minimum absolute atomic E-state index is 0.0972. The average molecular weight is 407 g/mol. The lowest BCUT2D eigenvalue weighted by Crippen LogP contribution is -2.48. The van der Waals surface area contributed by atoms with Gasteiger partial charge in [-0.15, -0.1) is 0 Å². The molecule has 0 radical (unpaired) electrons. The number of rotatable bonds is 0. The van der Waals surface area contributed by atoms with Gasteiger partial charge in [0.25, 0.3) is 0 Å². The fraction of sp³-hybridized carbons (Fsp3) is 0.125. The van der Waals surface area contributed by atoms with Gasteiger partial charge in [0.2, 0.25) is 0 Å². The van der Waals surface area contributed by atoms with Crippen molar-refractivity contribution in [3.8, 4) is 0 Å². The lowest BCUT2D eigenvalue weighted by atomic mass is 9.44. The number of fused-ring (bicyclic) bond motifs is 3. The third kappa shape index (κ3) is 1.62.